The second-order valence-electron chi connectivity index (χ2n) is 7.69. The number of H-pyrrole nitrogens is 1. The minimum Gasteiger partial charge on any atom is -0.335 e. The van der Waals surface area contributed by atoms with Crippen molar-refractivity contribution < 1.29 is 31.1 Å². The molecule has 0 spiro atoms. The molecule has 0 unspecified atom stereocenters. The van der Waals surface area contributed by atoms with E-state index in [-0.39, 0.29) is 55.1 Å². The molecule has 4 rings (SSSR count). The number of amides is 1. The molecule has 0 fully saturated rings. The molecule has 3 heterocycles. The average molecular weight is 472 g/mol. The highest BCUT2D eigenvalue weighted by Crippen LogP contribution is 2.35. The number of rotatable bonds is 5. The van der Waals surface area contributed by atoms with Crippen molar-refractivity contribution in [2.45, 2.75) is 38.1 Å². The van der Waals surface area contributed by atoms with Crippen LogP contribution in [0.5, 0.6) is 0 Å². The van der Waals surface area contributed by atoms with Crippen molar-refractivity contribution in [3.63, 3.8) is 0 Å². The summed E-state index contributed by atoms with van der Waals surface area (Å²) in [7, 11) is 0. The van der Waals surface area contributed by atoms with Crippen LogP contribution in [0.4, 0.5) is 26.3 Å². The third-order valence-corrected chi connectivity index (χ3v) is 5.38. The zero-order valence-electron chi connectivity index (χ0n) is 17.0. The fourth-order valence-electron chi connectivity index (χ4n) is 3.83. The van der Waals surface area contributed by atoms with E-state index >= 15 is 0 Å². The number of carbonyl (C=O) groups is 1. The number of hydrogen-bond acceptors (Lipinski definition) is 4. The van der Waals surface area contributed by atoms with Gasteiger partial charge in [0.1, 0.15) is 11.5 Å². The summed E-state index contributed by atoms with van der Waals surface area (Å²) in [6.45, 7) is -0.299. The monoisotopic (exact) mass is 472 g/mol. The lowest BCUT2D eigenvalue weighted by Gasteiger charge is -2.30. The molecule has 2 aromatic heterocycles. The van der Waals surface area contributed by atoms with Crippen molar-refractivity contribution in [1.29, 1.82) is 0 Å². The molecule has 33 heavy (non-hydrogen) atoms. The quantitative estimate of drug-likeness (QED) is 0.441. The van der Waals surface area contributed by atoms with Gasteiger partial charge in [-0.05, 0) is 24.1 Å². The number of imidazole rings is 1. The van der Waals surface area contributed by atoms with Crippen molar-refractivity contribution in [2.75, 3.05) is 6.54 Å². The first kappa shape index (κ1) is 22.8. The van der Waals surface area contributed by atoms with E-state index in [2.05, 4.69) is 15.2 Å². The molecule has 7 nitrogen and oxygen atoms in total. The van der Waals surface area contributed by atoms with Gasteiger partial charge < -0.3 is 15.2 Å². The molecule has 1 aliphatic heterocycles. The number of aromatic nitrogens is 4. The van der Waals surface area contributed by atoms with Gasteiger partial charge in [0, 0.05) is 37.8 Å². The third kappa shape index (κ3) is 4.58. The Balaban J connectivity index is 1.51. The number of nitrogens with one attached hydrogen (secondary N) is 1. The van der Waals surface area contributed by atoms with Crippen LogP contribution in [-0.4, -0.2) is 43.1 Å². The number of nitrogens with two attached hydrogens (primary N) is 1. The molecule has 0 saturated heterocycles. The molecule has 3 aromatic rings. The summed E-state index contributed by atoms with van der Waals surface area (Å²) < 4.78 is 81.8. The van der Waals surface area contributed by atoms with Gasteiger partial charge in [-0.15, -0.1) is 0 Å². The highest BCUT2D eigenvalue weighted by molar-refractivity contribution is 5.77. The smallest absolute Gasteiger partial charge is 0.335 e. The van der Waals surface area contributed by atoms with Crippen LogP contribution in [-0.2, 0) is 30.5 Å². The molecule has 1 amide bonds. The van der Waals surface area contributed by atoms with Crippen molar-refractivity contribution >= 4 is 5.91 Å². The second-order valence-corrected chi connectivity index (χ2v) is 7.69. The van der Waals surface area contributed by atoms with Crippen LogP contribution in [0, 0.1) is 17.5 Å². The minimum absolute atomic E-state index is 0.0139. The van der Waals surface area contributed by atoms with E-state index in [1.165, 1.54) is 17.2 Å². The van der Waals surface area contributed by atoms with E-state index in [0.717, 1.165) is 4.57 Å². The van der Waals surface area contributed by atoms with Crippen molar-refractivity contribution in [1.82, 2.24) is 24.6 Å². The average Bonchev–Trinajstić information content (AvgIpc) is 3.38. The Kier molecular flexibility index (Phi) is 5.91. The first-order chi connectivity index (χ1) is 15.5. The van der Waals surface area contributed by atoms with Crippen LogP contribution >= 0.6 is 0 Å². The van der Waals surface area contributed by atoms with Gasteiger partial charge in [0.25, 0.3) is 0 Å². The Hall–Kier alpha value is -3.35. The van der Waals surface area contributed by atoms with Crippen LogP contribution < -0.4 is 5.73 Å². The number of hydrogen-bond donors (Lipinski definition) is 2. The number of nitrogens with zero attached hydrogens (tertiary/aromatic N) is 4. The van der Waals surface area contributed by atoms with E-state index in [9.17, 15) is 31.1 Å². The van der Waals surface area contributed by atoms with Crippen LogP contribution in [0.1, 0.15) is 23.5 Å². The molecule has 0 saturated carbocycles. The van der Waals surface area contributed by atoms with E-state index in [0.29, 0.717) is 12.1 Å². The van der Waals surface area contributed by atoms with Gasteiger partial charge >= 0.3 is 6.18 Å². The summed E-state index contributed by atoms with van der Waals surface area (Å²) in [6.07, 6.45) is -3.80. The molecule has 3 N–H and O–H groups in total. The predicted octanol–water partition coefficient (Wildman–Crippen LogP) is 3.01. The highest BCUT2D eigenvalue weighted by atomic mass is 19.4. The van der Waals surface area contributed by atoms with Crippen LogP contribution in [0.2, 0.25) is 0 Å². The number of alkyl halides is 3. The largest absolute Gasteiger partial charge is 0.449 e. The fourth-order valence-corrected chi connectivity index (χ4v) is 3.83. The summed E-state index contributed by atoms with van der Waals surface area (Å²) in [5.41, 5.74) is 6.24. The maximum Gasteiger partial charge on any atom is 0.449 e. The van der Waals surface area contributed by atoms with Gasteiger partial charge in [-0.3, -0.25) is 9.89 Å². The molecule has 13 heteroatoms. The zero-order valence-corrected chi connectivity index (χ0v) is 17.0. The van der Waals surface area contributed by atoms with Gasteiger partial charge in [0.15, 0.2) is 11.6 Å². The lowest BCUT2D eigenvalue weighted by molar-refractivity contribution is -0.148. The van der Waals surface area contributed by atoms with Gasteiger partial charge in [-0.1, -0.05) is 0 Å². The SMILES string of the molecule is N[C@@H](CC(=O)N1CCn2c(C(F)(F)F)nc(-c3ccn[nH]3)c2C1)Cc1cc(F)c(F)cc1F. The topological polar surface area (TPSA) is 92.8 Å². The normalized spacial score (nSPS) is 14.9. The zero-order chi connectivity index (χ0) is 23.9. The standard InChI is InChI=1S/C20H18F6N6O/c21-12-8-14(23)13(22)6-10(12)5-11(27)7-17(33)31-3-4-32-16(9-31)18(15-1-2-28-30-15)29-19(32)20(24,25)26/h1-2,6,8,11H,3-5,7,9,27H2,(H,28,30)/t11-/m1/s1. The first-order valence-electron chi connectivity index (χ1n) is 9.87. The Morgan fingerprint density at radius 2 is 1.88 bits per heavy atom. The second kappa shape index (κ2) is 8.54. The molecule has 1 aromatic carbocycles. The highest BCUT2D eigenvalue weighted by Gasteiger charge is 2.41. The number of fused-ring (bicyclic) bond motifs is 1. The van der Waals surface area contributed by atoms with Crippen molar-refractivity contribution in [3.05, 3.63) is 58.9 Å². The summed E-state index contributed by atoms with van der Waals surface area (Å²) in [4.78, 5) is 17.8. The number of carbonyl (C=O) groups excluding carboxylic acids is 1. The Bertz CT molecular complexity index is 1170. The summed E-state index contributed by atoms with van der Waals surface area (Å²) in [5.74, 6) is -5.09. The molecular weight excluding hydrogens is 454 g/mol. The van der Waals surface area contributed by atoms with Crippen LogP contribution in [0.25, 0.3) is 11.4 Å². The molecule has 1 atom stereocenters. The van der Waals surface area contributed by atoms with E-state index in [4.69, 9.17) is 5.73 Å². The number of benzene rings is 1. The Labute approximate surface area is 183 Å². The Morgan fingerprint density at radius 1 is 1.15 bits per heavy atom. The maximum atomic E-state index is 13.9. The van der Waals surface area contributed by atoms with E-state index in [1.54, 1.807) is 0 Å². The summed E-state index contributed by atoms with van der Waals surface area (Å²) >= 11 is 0. The predicted molar refractivity (Wildman–Crippen MR) is 103 cm³/mol. The lowest BCUT2D eigenvalue weighted by atomic mass is 10.0. The molecule has 1 aliphatic rings. The van der Waals surface area contributed by atoms with Gasteiger partial charge in [-0.25, -0.2) is 18.2 Å². The summed E-state index contributed by atoms with van der Waals surface area (Å²) in [5, 5.41) is 6.31. The van der Waals surface area contributed by atoms with Crippen LogP contribution in [0.3, 0.4) is 0 Å². The molecule has 0 bridgehead atoms. The number of aromatic amines is 1. The van der Waals surface area contributed by atoms with Gasteiger partial charge in [-0.2, -0.15) is 18.3 Å². The van der Waals surface area contributed by atoms with Gasteiger partial charge in [0.05, 0.1) is 17.9 Å². The fraction of sp³-hybridized carbons (Fsp3) is 0.350. The number of halogens is 6. The van der Waals surface area contributed by atoms with Crippen LogP contribution in [0.15, 0.2) is 24.4 Å². The maximum absolute atomic E-state index is 13.9. The summed E-state index contributed by atoms with van der Waals surface area (Å²) in [6, 6.07) is 1.64. The van der Waals surface area contributed by atoms with E-state index < -0.39 is 41.4 Å². The Morgan fingerprint density at radius 3 is 2.55 bits per heavy atom. The molecule has 0 radical (unpaired) electrons. The molecule has 176 valence electrons. The molecular formula is C20H18F6N6O. The lowest BCUT2D eigenvalue weighted by Crippen LogP contribution is -2.42. The molecule has 0 aliphatic carbocycles. The van der Waals surface area contributed by atoms with E-state index in [1.807, 2.05) is 0 Å². The van der Waals surface area contributed by atoms with Crippen molar-refractivity contribution in [3.8, 4) is 11.4 Å². The van der Waals surface area contributed by atoms with Crippen molar-refractivity contribution in [2.24, 2.45) is 5.73 Å². The van der Waals surface area contributed by atoms with Gasteiger partial charge in [0.2, 0.25) is 11.7 Å². The third-order valence-electron chi connectivity index (χ3n) is 5.38. The minimum atomic E-state index is -4.68. The first-order valence-corrected chi connectivity index (χ1v) is 9.87.